The fourth-order valence-electron chi connectivity index (χ4n) is 1.01. The highest BCUT2D eigenvalue weighted by Crippen LogP contribution is 2.23. The van der Waals surface area contributed by atoms with Crippen LogP contribution in [0.3, 0.4) is 0 Å². The summed E-state index contributed by atoms with van der Waals surface area (Å²) in [4.78, 5) is 0. The molecule has 0 amide bonds. The van der Waals surface area contributed by atoms with Crippen LogP contribution in [0.15, 0.2) is 0 Å². The van der Waals surface area contributed by atoms with Gasteiger partial charge in [-0.2, -0.15) is 0 Å². The van der Waals surface area contributed by atoms with E-state index in [2.05, 4.69) is 12.2 Å². The predicted octanol–water partition coefficient (Wildman–Crippen LogP) is 2.50. The smallest absolute Gasteiger partial charge is 0.00374 e. The molecule has 86 valence electrons. The molecule has 0 rings (SSSR count). The van der Waals surface area contributed by atoms with Crippen LogP contribution < -0.4 is 11.1 Å². The summed E-state index contributed by atoms with van der Waals surface area (Å²) in [5, 5.41) is 3.34. The Bertz CT molecular complexity index is 90.1. The highest BCUT2D eigenvalue weighted by molar-refractivity contribution is 8.76. The van der Waals surface area contributed by atoms with Crippen LogP contribution in [0.25, 0.3) is 0 Å². The van der Waals surface area contributed by atoms with Crippen molar-refractivity contribution in [1.82, 2.24) is 5.32 Å². The Morgan fingerprint density at radius 2 is 1.64 bits per heavy atom. The number of nitrogens with two attached hydrogens (primary N) is 1. The minimum Gasteiger partial charge on any atom is -0.330 e. The topological polar surface area (TPSA) is 38.0 Å². The van der Waals surface area contributed by atoms with Crippen molar-refractivity contribution in [1.29, 1.82) is 0 Å². The van der Waals surface area contributed by atoms with Crippen molar-refractivity contribution in [3.05, 3.63) is 0 Å². The van der Waals surface area contributed by atoms with E-state index in [-0.39, 0.29) is 0 Å². The first-order chi connectivity index (χ1) is 6.91. The summed E-state index contributed by atoms with van der Waals surface area (Å²) in [5.41, 5.74) is 5.41. The lowest BCUT2D eigenvalue weighted by atomic mass is 10.3. The molecule has 0 fully saturated rings. The van der Waals surface area contributed by atoms with Gasteiger partial charge in [-0.1, -0.05) is 28.5 Å². The second kappa shape index (κ2) is 13.6. The van der Waals surface area contributed by atoms with Gasteiger partial charge in [0, 0.05) is 11.5 Å². The molecule has 0 spiro atoms. The zero-order valence-electron chi connectivity index (χ0n) is 9.26. The Kier molecular flexibility index (Phi) is 14.2. The molecular formula is C10H24N2S2. The van der Waals surface area contributed by atoms with Crippen molar-refractivity contribution in [2.45, 2.75) is 32.6 Å². The Morgan fingerprint density at radius 1 is 1.00 bits per heavy atom. The third-order valence-corrected chi connectivity index (χ3v) is 4.42. The number of unbranched alkanes of at least 4 members (excludes halogenated alkanes) is 2. The SMILES string of the molecule is CCNCCCCSSCCCCN. The van der Waals surface area contributed by atoms with Gasteiger partial charge in [0.25, 0.3) is 0 Å². The quantitative estimate of drug-likeness (QED) is 0.427. The molecule has 0 atom stereocenters. The highest BCUT2D eigenvalue weighted by Gasteiger charge is 1.91. The lowest BCUT2D eigenvalue weighted by Gasteiger charge is -2.02. The van der Waals surface area contributed by atoms with Crippen LogP contribution >= 0.6 is 21.6 Å². The van der Waals surface area contributed by atoms with Crippen molar-refractivity contribution in [3.63, 3.8) is 0 Å². The molecule has 0 bridgehead atoms. The first-order valence-electron chi connectivity index (χ1n) is 5.57. The minimum atomic E-state index is 0.841. The first-order valence-corrected chi connectivity index (χ1v) is 8.05. The summed E-state index contributed by atoms with van der Waals surface area (Å²) in [6, 6.07) is 0. The van der Waals surface area contributed by atoms with Crippen molar-refractivity contribution in [2.75, 3.05) is 31.1 Å². The summed E-state index contributed by atoms with van der Waals surface area (Å²) in [6.07, 6.45) is 5.09. The summed E-state index contributed by atoms with van der Waals surface area (Å²) >= 11 is 0. The molecule has 0 heterocycles. The van der Waals surface area contributed by atoms with E-state index in [1.165, 1.54) is 43.7 Å². The van der Waals surface area contributed by atoms with E-state index in [0.717, 1.165) is 13.1 Å². The molecule has 0 aromatic rings. The van der Waals surface area contributed by atoms with Gasteiger partial charge in [-0.05, 0) is 45.3 Å². The highest BCUT2D eigenvalue weighted by atomic mass is 33.1. The summed E-state index contributed by atoms with van der Waals surface area (Å²) < 4.78 is 0. The van der Waals surface area contributed by atoms with Gasteiger partial charge in [-0.3, -0.25) is 0 Å². The second-order valence-corrected chi connectivity index (χ2v) is 5.90. The number of rotatable bonds is 11. The zero-order chi connectivity index (χ0) is 10.5. The molecule has 0 saturated carbocycles. The molecule has 14 heavy (non-hydrogen) atoms. The monoisotopic (exact) mass is 236 g/mol. The lowest BCUT2D eigenvalue weighted by molar-refractivity contribution is 0.666. The van der Waals surface area contributed by atoms with Crippen molar-refractivity contribution in [3.8, 4) is 0 Å². The zero-order valence-corrected chi connectivity index (χ0v) is 10.9. The van der Waals surface area contributed by atoms with Gasteiger partial charge in [0.2, 0.25) is 0 Å². The number of hydrogen-bond acceptors (Lipinski definition) is 4. The predicted molar refractivity (Wildman–Crippen MR) is 71.0 cm³/mol. The lowest BCUT2D eigenvalue weighted by Crippen LogP contribution is -2.13. The third kappa shape index (κ3) is 12.6. The van der Waals surface area contributed by atoms with Gasteiger partial charge in [0.05, 0.1) is 0 Å². The Labute approximate surface area is 96.6 Å². The van der Waals surface area contributed by atoms with E-state index in [4.69, 9.17) is 5.73 Å². The van der Waals surface area contributed by atoms with Crippen LogP contribution in [0, 0.1) is 0 Å². The number of hydrogen-bond donors (Lipinski definition) is 2. The van der Waals surface area contributed by atoms with Crippen LogP contribution in [0.5, 0.6) is 0 Å². The van der Waals surface area contributed by atoms with E-state index in [1.54, 1.807) is 0 Å². The molecule has 0 unspecified atom stereocenters. The van der Waals surface area contributed by atoms with Gasteiger partial charge < -0.3 is 11.1 Å². The fourth-order valence-corrected chi connectivity index (χ4v) is 3.30. The van der Waals surface area contributed by atoms with Gasteiger partial charge in [-0.15, -0.1) is 0 Å². The summed E-state index contributed by atoms with van der Waals surface area (Å²) in [5.74, 6) is 2.55. The van der Waals surface area contributed by atoms with E-state index in [9.17, 15) is 0 Å². The molecule has 0 aromatic carbocycles. The molecular weight excluding hydrogens is 212 g/mol. The first kappa shape index (κ1) is 14.6. The molecule has 0 aliphatic carbocycles. The van der Waals surface area contributed by atoms with Crippen LogP contribution in [-0.2, 0) is 0 Å². The van der Waals surface area contributed by atoms with E-state index in [0.29, 0.717) is 0 Å². The average molecular weight is 236 g/mol. The minimum absolute atomic E-state index is 0.841. The van der Waals surface area contributed by atoms with Crippen molar-refractivity contribution in [2.24, 2.45) is 5.73 Å². The Hall–Kier alpha value is 0.620. The largest absolute Gasteiger partial charge is 0.330 e. The molecule has 0 aliphatic heterocycles. The molecule has 2 nitrogen and oxygen atoms in total. The average Bonchev–Trinajstić information content (AvgIpc) is 2.21. The Balaban J connectivity index is 2.78. The molecule has 0 aromatic heterocycles. The molecule has 0 radical (unpaired) electrons. The van der Waals surface area contributed by atoms with E-state index in [1.807, 2.05) is 21.6 Å². The van der Waals surface area contributed by atoms with Gasteiger partial charge >= 0.3 is 0 Å². The summed E-state index contributed by atoms with van der Waals surface area (Å²) in [6.45, 7) is 5.27. The molecule has 4 heteroatoms. The molecule has 3 N–H and O–H groups in total. The van der Waals surface area contributed by atoms with E-state index >= 15 is 0 Å². The standard InChI is InChI=1S/C10H24N2S2/c1-2-12-8-4-6-10-14-13-9-5-3-7-11/h12H,2-11H2,1H3. The second-order valence-electron chi connectivity index (χ2n) is 3.20. The van der Waals surface area contributed by atoms with Crippen LogP contribution in [-0.4, -0.2) is 31.1 Å². The van der Waals surface area contributed by atoms with Crippen molar-refractivity contribution < 1.29 is 0 Å². The van der Waals surface area contributed by atoms with Crippen molar-refractivity contribution >= 4 is 21.6 Å². The van der Waals surface area contributed by atoms with Gasteiger partial charge in [0.1, 0.15) is 0 Å². The fraction of sp³-hybridized carbons (Fsp3) is 1.00. The maximum absolute atomic E-state index is 5.41. The maximum atomic E-state index is 5.41. The summed E-state index contributed by atoms with van der Waals surface area (Å²) in [7, 11) is 4.01. The van der Waals surface area contributed by atoms with Crippen LogP contribution in [0.2, 0.25) is 0 Å². The van der Waals surface area contributed by atoms with Gasteiger partial charge in [-0.25, -0.2) is 0 Å². The normalized spacial score (nSPS) is 10.7. The van der Waals surface area contributed by atoms with Crippen LogP contribution in [0.4, 0.5) is 0 Å². The third-order valence-electron chi connectivity index (χ3n) is 1.85. The maximum Gasteiger partial charge on any atom is 0.00374 e. The number of nitrogens with one attached hydrogen (secondary N) is 1. The van der Waals surface area contributed by atoms with Gasteiger partial charge in [0.15, 0.2) is 0 Å². The molecule has 0 aliphatic rings. The van der Waals surface area contributed by atoms with Crippen LogP contribution in [0.1, 0.15) is 32.6 Å². The molecule has 0 saturated heterocycles. The van der Waals surface area contributed by atoms with E-state index < -0.39 is 0 Å². The Morgan fingerprint density at radius 3 is 2.21 bits per heavy atom.